The third kappa shape index (κ3) is 2.62. The minimum atomic E-state index is -0.282. The molecule has 1 aliphatic heterocycles. The Bertz CT molecular complexity index is 643. The van der Waals surface area contributed by atoms with E-state index in [9.17, 15) is 4.79 Å². The highest BCUT2D eigenvalue weighted by Gasteiger charge is 2.54. The molecule has 114 valence electrons. The van der Waals surface area contributed by atoms with E-state index in [1.807, 2.05) is 48.2 Å². The third-order valence-corrected chi connectivity index (χ3v) is 3.75. The van der Waals surface area contributed by atoms with Gasteiger partial charge in [-0.05, 0) is 48.9 Å². The third-order valence-electron chi connectivity index (χ3n) is 3.75. The van der Waals surface area contributed by atoms with E-state index >= 15 is 0 Å². The van der Waals surface area contributed by atoms with Crippen LogP contribution in [0.1, 0.15) is 18.5 Å². The number of hydrogen-bond acceptors (Lipinski definition) is 5. The second-order valence-electron chi connectivity index (χ2n) is 5.03. The predicted octanol–water partition coefficient (Wildman–Crippen LogP) is 2.58. The summed E-state index contributed by atoms with van der Waals surface area (Å²) in [6, 6.07) is 11.3. The molecule has 5 heteroatoms. The van der Waals surface area contributed by atoms with Crippen LogP contribution in [0.15, 0.2) is 48.8 Å². The molecule has 2 atom stereocenters. The second-order valence-corrected chi connectivity index (χ2v) is 5.03. The fourth-order valence-corrected chi connectivity index (χ4v) is 2.68. The summed E-state index contributed by atoms with van der Waals surface area (Å²) < 4.78 is 10.4. The minimum absolute atomic E-state index is 0.00422. The molecular formula is C17H18N2O3. The number of nitrogens with zero attached hydrogens (tertiary/aromatic N) is 2. The van der Waals surface area contributed by atoms with Gasteiger partial charge in [0.25, 0.3) is 0 Å². The van der Waals surface area contributed by atoms with Crippen molar-refractivity contribution in [1.29, 1.82) is 0 Å². The van der Waals surface area contributed by atoms with Gasteiger partial charge in [-0.3, -0.25) is 4.98 Å². The molecule has 5 nitrogen and oxygen atoms in total. The van der Waals surface area contributed by atoms with Crippen molar-refractivity contribution in [3.8, 4) is 5.75 Å². The number of carbonyl (C=O) groups is 1. The van der Waals surface area contributed by atoms with Crippen molar-refractivity contribution in [3.05, 3.63) is 54.4 Å². The van der Waals surface area contributed by atoms with Crippen LogP contribution in [-0.2, 0) is 9.53 Å². The van der Waals surface area contributed by atoms with Crippen LogP contribution in [-0.4, -0.2) is 30.7 Å². The van der Waals surface area contributed by atoms with Crippen LogP contribution >= 0.6 is 0 Å². The number of esters is 1. The fourth-order valence-electron chi connectivity index (χ4n) is 2.68. The summed E-state index contributed by atoms with van der Waals surface area (Å²) in [6.07, 6.45) is 3.48. The topological polar surface area (TPSA) is 51.4 Å². The van der Waals surface area contributed by atoms with Gasteiger partial charge < -0.3 is 14.4 Å². The monoisotopic (exact) mass is 298 g/mol. The highest BCUT2D eigenvalue weighted by Crippen LogP contribution is 2.47. The van der Waals surface area contributed by atoms with Crippen LogP contribution in [0.25, 0.3) is 0 Å². The van der Waals surface area contributed by atoms with Crippen LogP contribution in [0, 0.1) is 0 Å². The van der Waals surface area contributed by atoms with Crippen molar-refractivity contribution in [2.75, 3.05) is 18.6 Å². The number of anilines is 1. The van der Waals surface area contributed by atoms with Gasteiger partial charge in [-0.2, -0.15) is 0 Å². The van der Waals surface area contributed by atoms with Gasteiger partial charge in [0.15, 0.2) is 6.04 Å². The van der Waals surface area contributed by atoms with Crippen molar-refractivity contribution in [3.63, 3.8) is 0 Å². The van der Waals surface area contributed by atoms with Crippen molar-refractivity contribution in [1.82, 2.24) is 4.98 Å². The SMILES string of the molecule is CCOC(=O)[C@@H]1[C@H](c2ccncc2)N1c1ccc(OC)cc1. The summed E-state index contributed by atoms with van der Waals surface area (Å²) in [5.74, 6) is 0.596. The Balaban J connectivity index is 1.88. The first kappa shape index (κ1) is 14.4. The molecule has 22 heavy (non-hydrogen) atoms. The van der Waals surface area contributed by atoms with E-state index < -0.39 is 0 Å². The summed E-state index contributed by atoms with van der Waals surface area (Å²) in [7, 11) is 1.63. The summed E-state index contributed by atoms with van der Waals surface area (Å²) in [4.78, 5) is 18.3. The maximum Gasteiger partial charge on any atom is 0.331 e. The van der Waals surface area contributed by atoms with Crippen LogP contribution in [0.3, 0.4) is 0 Å². The number of rotatable bonds is 5. The smallest absolute Gasteiger partial charge is 0.331 e. The lowest BCUT2D eigenvalue weighted by Crippen LogP contribution is -2.15. The lowest BCUT2D eigenvalue weighted by molar-refractivity contribution is -0.142. The number of hydrogen-bond donors (Lipinski definition) is 0. The first-order chi connectivity index (χ1) is 10.8. The Labute approximate surface area is 129 Å². The maximum absolute atomic E-state index is 12.2. The number of ether oxygens (including phenoxy) is 2. The van der Waals surface area contributed by atoms with E-state index in [2.05, 4.69) is 4.98 Å². The molecule has 3 rings (SSSR count). The number of methoxy groups -OCH3 is 1. The molecule has 0 radical (unpaired) electrons. The Morgan fingerprint density at radius 1 is 1.18 bits per heavy atom. The maximum atomic E-state index is 12.2. The minimum Gasteiger partial charge on any atom is -0.497 e. The molecule has 2 heterocycles. The van der Waals surface area contributed by atoms with E-state index in [1.54, 1.807) is 19.5 Å². The van der Waals surface area contributed by atoms with Gasteiger partial charge in [-0.1, -0.05) is 0 Å². The number of aromatic nitrogens is 1. The van der Waals surface area contributed by atoms with Crippen LogP contribution in [0.5, 0.6) is 5.75 Å². The van der Waals surface area contributed by atoms with Crippen molar-refractivity contribution >= 4 is 11.7 Å². The first-order valence-corrected chi connectivity index (χ1v) is 7.25. The van der Waals surface area contributed by atoms with E-state index in [0.717, 1.165) is 17.0 Å². The predicted molar refractivity (Wildman–Crippen MR) is 82.9 cm³/mol. The van der Waals surface area contributed by atoms with Crippen LogP contribution in [0.4, 0.5) is 5.69 Å². The summed E-state index contributed by atoms with van der Waals surface area (Å²) >= 11 is 0. The second kappa shape index (κ2) is 6.05. The molecule has 1 aromatic carbocycles. The average Bonchev–Trinajstić information content (AvgIpc) is 3.32. The van der Waals surface area contributed by atoms with Crippen molar-refractivity contribution in [2.24, 2.45) is 0 Å². The highest BCUT2D eigenvalue weighted by atomic mass is 16.5. The van der Waals surface area contributed by atoms with Crippen LogP contribution < -0.4 is 9.64 Å². The number of carbonyl (C=O) groups excluding carboxylic acids is 1. The molecule has 0 unspecified atom stereocenters. The first-order valence-electron chi connectivity index (χ1n) is 7.25. The molecule has 1 saturated heterocycles. The van der Waals surface area contributed by atoms with Crippen molar-refractivity contribution in [2.45, 2.75) is 19.0 Å². The number of pyridine rings is 1. The Morgan fingerprint density at radius 3 is 2.45 bits per heavy atom. The lowest BCUT2D eigenvalue weighted by atomic mass is 10.1. The zero-order chi connectivity index (χ0) is 15.5. The van der Waals surface area contributed by atoms with Gasteiger partial charge in [0.05, 0.1) is 19.8 Å². The summed E-state index contributed by atoms with van der Waals surface area (Å²) in [5, 5.41) is 0. The molecule has 0 saturated carbocycles. The zero-order valence-corrected chi connectivity index (χ0v) is 12.6. The van der Waals surface area contributed by atoms with Gasteiger partial charge in [-0.15, -0.1) is 0 Å². The molecule has 0 amide bonds. The van der Waals surface area contributed by atoms with Crippen LogP contribution in [0.2, 0.25) is 0 Å². The molecule has 0 bridgehead atoms. The molecular weight excluding hydrogens is 280 g/mol. The van der Waals surface area contributed by atoms with E-state index in [0.29, 0.717) is 6.61 Å². The molecule has 2 aromatic rings. The van der Waals surface area contributed by atoms with Crippen molar-refractivity contribution < 1.29 is 14.3 Å². The van der Waals surface area contributed by atoms with E-state index in [1.165, 1.54) is 0 Å². The Kier molecular flexibility index (Phi) is 3.96. The van der Waals surface area contributed by atoms with Gasteiger partial charge in [0, 0.05) is 18.1 Å². The quantitative estimate of drug-likeness (QED) is 0.627. The fraction of sp³-hybridized carbons (Fsp3) is 0.294. The molecule has 1 aromatic heterocycles. The zero-order valence-electron chi connectivity index (χ0n) is 12.6. The normalized spacial score (nSPS) is 19.6. The summed E-state index contributed by atoms with van der Waals surface area (Å²) in [6.45, 7) is 2.20. The molecule has 0 spiro atoms. The van der Waals surface area contributed by atoms with E-state index in [-0.39, 0.29) is 18.1 Å². The number of benzene rings is 1. The van der Waals surface area contributed by atoms with Gasteiger partial charge in [-0.25, -0.2) is 4.79 Å². The molecule has 0 aliphatic carbocycles. The van der Waals surface area contributed by atoms with E-state index in [4.69, 9.17) is 9.47 Å². The largest absolute Gasteiger partial charge is 0.497 e. The Hall–Kier alpha value is -2.56. The molecule has 1 fully saturated rings. The van der Waals surface area contributed by atoms with Gasteiger partial charge >= 0.3 is 5.97 Å². The Morgan fingerprint density at radius 2 is 1.86 bits per heavy atom. The standard InChI is InChI=1S/C17H18N2O3/c1-3-22-17(20)16-15(12-8-10-18-11-9-12)19(16)13-4-6-14(21-2)7-5-13/h4-11,15-16H,3H2,1-2H3/t15-,16-,19?/m0/s1. The van der Waals surface area contributed by atoms with Gasteiger partial charge in [0.1, 0.15) is 5.75 Å². The lowest BCUT2D eigenvalue weighted by Gasteiger charge is -2.07. The molecule has 1 aliphatic rings. The van der Waals surface area contributed by atoms with Gasteiger partial charge in [0.2, 0.25) is 0 Å². The highest BCUT2D eigenvalue weighted by molar-refractivity contribution is 5.89. The summed E-state index contributed by atoms with van der Waals surface area (Å²) in [5.41, 5.74) is 2.03. The molecule has 0 N–H and O–H groups in total. The average molecular weight is 298 g/mol.